The van der Waals surface area contributed by atoms with E-state index in [1.54, 1.807) is 29.0 Å². The number of benzene rings is 1. The summed E-state index contributed by atoms with van der Waals surface area (Å²) in [7, 11) is 3.17. The summed E-state index contributed by atoms with van der Waals surface area (Å²) in [5.41, 5.74) is 0.200. The van der Waals surface area contributed by atoms with Crippen LogP contribution < -0.4 is 0 Å². The Balaban J connectivity index is 2.56. The predicted molar refractivity (Wildman–Crippen MR) is 66.3 cm³/mol. The third-order valence-corrected chi connectivity index (χ3v) is 4.28. The molecule has 0 aliphatic heterocycles. The molecular weight excluding hydrogens is 230 g/mol. The number of para-hydroxylation sites is 1. The van der Waals surface area contributed by atoms with Gasteiger partial charge in [-0.3, -0.25) is 10.1 Å². The number of nitro benzene ring substituents is 1. The standard InChI is InChI=1S/C10H13NO2S2/c1-2-3-8-14-15-10-7-5-4-6-9(10)11(12)13/h4-7H,2-3,8H2,1H3. The first-order valence-corrected chi connectivity index (χ1v) is 7.10. The fraction of sp³-hybridized carbons (Fsp3) is 0.400. The van der Waals surface area contributed by atoms with Crippen molar-refractivity contribution in [2.24, 2.45) is 0 Å². The van der Waals surface area contributed by atoms with Crippen molar-refractivity contribution in [2.75, 3.05) is 5.75 Å². The molecular formula is C10H13NO2S2. The first-order valence-electron chi connectivity index (χ1n) is 4.78. The summed E-state index contributed by atoms with van der Waals surface area (Å²) in [5, 5.41) is 10.7. The first kappa shape index (κ1) is 12.4. The van der Waals surface area contributed by atoms with Crippen LogP contribution in [0.3, 0.4) is 0 Å². The molecule has 0 saturated heterocycles. The normalized spacial score (nSPS) is 10.2. The van der Waals surface area contributed by atoms with E-state index in [0.29, 0.717) is 0 Å². The van der Waals surface area contributed by atoms with E-state index in [1.165, 1.54) is 10.8 Å². The molecule has 0 amide bonds. The quantitative estimate of drug-likeness (QED) is 0.326. The van der Waals surface area contributed by atoms with Crippen LogP contribution in [-0.4, -0.2) is 10.7 Å². The van der Waals surface area contributed by atoms with Crippen LogP contribution in [0.4, 0.5) is 5.69 Å². The summed E-state index contributed by atoms with van der Waals surface area (Å²) < 4.78 is 0. The maximum absolute atomic E-state index is 10.7. The summed E-state index contributed by atoms with van der Waals surface area (Å²) >= 11 is 0. The lowest BCUT2D eigenvalue weighted by molar-refractivity contribution is -0.387. The largest absolute Gasteiger partial charge is 0.283 e. The minimum Gasteiger partial charge on any atom is -0.258 e. The van der Waals surface area contributed by atoms with Crippen molar-refractivity contribution >= 4 is 27.3 Å². The number of nitro groups is 1. The van der Waals surface area contributed by atoms with E-state index in [-0.39, 0.29) is 10.6 Å². The van der Waals surface area contributed by atoms with E-state index in [0.717, 1.165) is 23.5 Å². The van der Waals surface area contributed by atoms with E-state index in [1.807, 2.05) is 6.07 Å². The molecule has 0 saturated carbocycles. The van der Waals surface area contributed by atoms with Gasteiger partial charge in [0, 0.05) is 11.8 Å². The summed E-state index contributed by atoms with van der Waals surface area (Å²) in [5.74, 6) is 1.03. The number of nitrogens with zero attached hydrogens (tertiary/aromatic N) is 1. The van der Waals surface area contributed by atoms with Crippen LogP contribution in [0.5, 0.6) is 0 Å². The minimum absolute atomic E-state index is 0.200. The molecule has 0 N–H and O–H groups in total. The van der Waals surface area contributed by atoms with Gasteiger partial charge in [0.25, 0.3) is 5.69 Å². The minimum atomic E-state index is -0.331. The molecule has 3 nitrogen and oxygen atoms in total. The SMILES string of the molecule is CCCCSSc1ccccc1[N+](=O)[O-]. The molecule has 0 aliphatic rings. The van der Waals surface area contributed by atoms with Crippen molar-refractivity contribution in [1.82, 2.24) is 0 Å². The van der Waals surface area contributed by atoms with Gasteiger partial charge in [0.2, 0.25) is 0 Å². The third-order valence-electron chi connectivity index (χ3n) is 1.79. The molecule has 1 rings (SSSR count). The predicted octanol–water partition coefficient (Wildman–Crippen LogP) is 4.14. The van der Waals surface area contributed by atoms with Crippen molar-refractivity contribution in [3.05, 3.63) is 34.4 Å². The molecule has 0 fully saturated rings. The molecule has 0 bridgehead atoms. The number of hydrogen-bond acceptors (Lipinski definition) is 4. The van der Waals surface area contributed by atoms with Crippen LogP contribution in [0, 0.1) is 10.1 Å². The second-order valence-electron chi connectivity index (χ2n) is 2.98. The van der Waals surface area contributed by atoms with Gasteiger partial charge >= 0.3 is 0 Å². The van der Waals surface area contributed by atoms with Gasteiger partial charge in [-0.25, -0.2) is 0 Å². The van der Waals surface area contributed by atoms with Crippen molar-refractivity contribution in [3.63, 3.8) is 0 Å². The Morgan fingerprint density at radius 1 is 1.40 bits per heavy atom. The van der Waals surface area contributed by atoms with Gasteiger partial charge in [0.1, 0.15) is 0 Å². The van der Waals surface area contributed by atoms with Gasteiger partial charge in [-0.05, 0) is 12.5 Å². The van der Waals surface area contributed by atoms with Gasteiger partial charge < -0.3 is 0 Å². The van der Waals surface area contributed by atoms with Crippen molar-refractivity contribution in [3.8, 4) is 0 Å². The van der Waals surface area contributed by atoms with E-state index >= 15 is 0 Å². The molecule has 0 atom stereocenters. The zero-order valence-corrected chi connectivity index (χ0v) is 10.1. The zero-order chi connectivity index (χ0) is 11.1. The lowest BCUT2D eigenvalue weighted by Crippen LogP contribution is -1.89. The Kier molecular flexibility index (Phi) is 5.57. The van der Waals surface area contributed by atoms with E-state index in [2.05, 4.69) is 6.92 Å². The molecule has 1 aromatic carbocycles. The summed E-state index contributed by atoms with van der Waals surface area (Å²) in [6, 6.07) is 6.86. The maximum atomic E-state index is 10.7. The van der Waals surface area contributed by atoms with Crippen molar-refractivity contribution in [1.29, 1.82) is 0 Å². The molecule has 0 unspecified atom stereocenters. The Hall–Kier alpha value is -0.680. The number of rotatable bonds is 6. The topological polar surface area (TPSA) is 43.1 Å². The molecule has 15 heavy (non-hydrogen) atoms. The molecule has 1 aromatic rings. The van der Waals surface area contributed by atoms with Crippen molar-refractivity contribution in [2.45, 2.75) is 24.7 Å². The summed E-state index contributed by atoms with van der Waals surface area (Å²) in [6.45, 7) is 2.14. The fourth-order valence-electron chi connectivity index (χ4n) is 0.987. The maximum Gasteiger partial charge on any atom is 0.283 e. The molecule has 0 aliphatic carbocycles. The van der Waals surface area contributed by atoms with Gasteiger partial charge in [0.05, 0.1) is 9.82 Å². The Labute approximate surface area is 97.2 Å². The molecule has 0 heterocycles. The lowest BCUT2D eigenvalue weighted by Gasteiger charge is -2.01. The van der Waals surface area contributed by atoms with Crippen LogP contribution in [0.2, 0.25) is 0 Å². The van der Waals surface area contributed by atoms with Crippen LogP contribution >= 0.6 is 21.6 Å². The summed E-state index contributed by atoms with van der Waals surface area (Å²) in [6.07, 6.45) is 2.31. The van der Waals surface area contributed by atoms with E-state index in [9.17, 15) is 10.1 Å². The fourth-order valence-corrected chi connectivity index (χ4v) is 3.37. The van der Waals surface area contributed by atoms with Crippen LogP contribution in [0.1, 0.15) is 19.8 Å². The highest BCUT2D eigenvalue weighted by atomic mass is 33.1. The van der Waals surface area contributed by atoms with Crippen LogP contribution in [0.15, 0.2) is 29.2 Å². The first-order chi connectivity index (χ1) is 7.25. The Morgan fingerprint density at radius 2 is 2.13 bits per heavy atom. The van der Waals surface area contributed by atoms with Gasteiger partial charge in [0.15, 0.2) is 0 Å². The van der Waals surface area contributed by atoms with Gasteiger partial charge in [-0.15, -0.1) is 0 Å². The zero-order valence-electron chi connectivity index (χ0n) is 8.51. The molecule has 5 heteroatoms. The molecule has 82 valence electrons. The second kappa shape index (κ2) is 6.74. The average molecular weight is 243 g/mol. The number of hydrogen-bond donors (Lipinski definition) is 0. The molecule has 0 spiro atoms. The van der Waals surface area contributed by atoms with Crippen molar-refractivity contribution < 1.29 is 4.92 Å². The molecule has 0 radical (unpaired) electrons. The molecule has 0 aromatic heterocycles. The lowest BCUT2D eigenvalue weighted by atomic mass is 10.3. The van der Waals surface area contributed by atoms with Crippen LogP contribution in [0.25, 0.3) is 0 Å². The van der Waals surface area contributed by atoms with Gasteiger partial charge in [-0.1, -0.05) is 47.1 Å². The van der Waals surface area contributed by atoms with E-state index in [4.69, 9.17) is 0 Å². The summed E-state index contributed by atoms with van der Waals surface area (Å²) in [4.78, 5) is 11.1. The Bertz CT molecular complexity index is 331. The van der Waals surface area contributed by atoms with Gasteiger partial charge in [-0.2, -0.15) is 0 Å². The highest BCUT2D eigenvalue weighted by molar-refractivity contribution is 8.76. The third kappa shape index (κ3) is 4.13. The van der Waals surface area contributed by atoms with Crippen LogP contribution in [-0.2, 0) is 0 Å². The van der Waals surface area contributed by atoms with E-state index < -0.39 is 0 Å². The highest BCUT2D eigenvalue weighted by Crippen LogP contribution is 2.37. The monoisotopic (exact) mass is 243 g/mol. The average Bonchev–Trinajstić information content (AvgIpc) is 2.25. The Morgan fingerprint density at radius 3 is 2.80 bits per heavy atom. The number of unbranched alkanes of at least 4 members (excludes halogenated alkanes) is 1. The highest BCUT2D eigenvalue weighted by Gasteiger charge is 2.12. The second-order valence-corrected chi connectivity index (χ2v) is 5.44. The smallest absolute Gasteiger partial charge is 0.258 e.